The Hall–Kier alpha value is -0.840. The molecule has 0 aromatic carbocycles. The standard InChI is InChI=1S/C6H12N2O2S/c1-6(2,4(7)11)3-8-5(9)10/h8H,3H2,1-2H3,(H2,7,11)(H,9,10). The highest BCUT2D eigenvalue weighted by molar-refractivity contribution is 7.80. The molecule has 1 amide bonds. The summed E-state index contributed by atoms with van der Waals surface area (Å²) < 4.78 is 0. The van der Waals surface area contributed by atoms with Gasteiger partial charge in [0, 0.05) is 12.0 Å². The molecule has 0 saturated heterocycles. The maximum absolute atomic E-state index is 10.1. The molecule has 4 nitrogen and oxygen atoms in total. The summed E-state index contributed by atoms with van der Waals surface area (Å²) in [6.45, 7) is 3.81. The highest BCUT2D eigenvalue weighted by atomic mass is 32.1. The largest absolute Gasteiger partial charge is 0.465 e. The van der Waals surface area contributed by atoms with Crippen LogP contribution in [0, 0.1) is 5.41 Å². The lowest BCUT2D eigenvalue weighted by Gasteiger charge is -2.22. The van der Waals surface area contributed by atoms with Crippen molar-refractivity contribution in [2.75, 3.05) is 6.54 Å². The van der Waals surface area contributed by atoms with Gasteiger partial charge < -0.3 is 16.2 Å². The first-order valence-corrected chi connectivity index (χ1v) is 3.54. The topological polar surface area (TPSA) is 75.3 Å². The number of nitrogens with one attached hydrogen (secondary N) is 1. The van der Waals surface area contributed by atoms with Gasteiger partial charge in [-0.05, 0) is 0 Å². The Morgan fingerprint density at radius 1 is 1.73 bits per heavy atom. The Bertz CT molecular complexity index is 179. The van der Waals surface area contributed by atoms with Crippen LogP contribution >= 0.6 is 12.2 Å². The number of nitrogens with two attached hydrogens (primary N) is 1. The van der Waals surface area contributed by atoms with Crippen molar-refractivity contribution in [2.45, 2.75) is 13.8 Å². The summed E-state index contributed by atoms with van der Waals surface area (Å²) in [5, 5.41) is 10.5. The molecule has 0 aromatic rings. The first-order valence-electron chi connectivity index (χ1n) is 3.13. The van der Waals surface area contributed by atoms with Crippen LogP contribution in [0.15, 0.2) is 0 Å². The van der Waals surface area contributed by atoms with Gasteiger partial charge in [-0.25, -0.2) is 4.79 Å². The summed E-state index contributed by atoms with van der Waals surface area (Å²) in [5.74, 6) is 0. The average Bonchev–Trinajstić information content (AvgIpc) is 1.84. The van der Waals surface area contributed by atoms with Gasteiger partial charge in [-0.15, -0.1) is 0 Å². The molecule has 0 fully saturated rings. The van der Waals surface area contributed by atoms with Crippen LogP contribution in [0.25, 0.3) is 0 Å². The molecule has 0 heterocycles. The molecule has 64 valence electrons. The highest BCUT2D eigenvalue weighted by Crippen LogP contribution is 2.12. The van der Waals surface area contributed by atoms with Gasteiger partial charge in [0.05, 0.1) is 4.99 Å². The van der Waals surface area contributed by atoms with Crippen molar-refractivity contribution in [3.05, 3.63) is 0 Å². The second kappa shape index (κ2) is 3.52. The van der Waals surface area contributed by atoms with Gasteiger partial charge in [-0.1, -0.05) is 26.1 Å². The quantitative estimate of drug-likeness (QED) is 0.549. The van der Waals surface area contributed by atoms with Crippen LogP contribution in [0.4, 0.5) is 4.79 Å². The van der Waals surface area contributed by atoms with Gasteiger partial charge in [-0.3, -0.25) is 0 Å². The van der Waals surface area contributed by atoms with E-state index < -0.39 is 11.5 Å². The molecule has 0 unspecified atom stereocenters. The lowest BCUT2D eigenvalue weighted by molar-refractivity contribution is 0.191. The van der Waals surface area contributed by atoms with E-state index in [1.54, 1.807) is 13.8 Å². The minimum Gasteiger partial charge on any atom is -0.465 e. The van der Waals surface area contributed by atoms with Crippen LogP contribution < -0.4 is 11.1 Å². The molecule has 11 heavy (non-hydrogen) atoms. The third-order valence-corrected chi connectivity index (χ3v) is 1.90. The van der Waals surface area contributed by atoms with E-state index in [-0.39, 0.29) is 6.54 Å². The van der Waals surface area contributed by atoms with Gasteiger partial charge in [-0.2, -0.15) is 0 Å². The zero-order chi connectivity index (χ0) is 9.07. The number of thiocarbonyl (C=S) groups is 1. The average molecular weight is 176 g/mol. The molecule has 0 bridgehead atoms. The third-order valence-electron chi connectivity index (χ3n) is 1.35. The van der Waals surface area contributed by atoms with E-state index in [1.165, 1.54) is 0 Å². The summed E-state index contributed by atoms with van der Waals surface area (Å²) in [6.07, 6.45) is -1.06. The Labute approximate surface area is 70.8 Å². The smallest absolute Gasteiger partial charge is 0.404 e. The second-order valence-electron chi connectivity index (χ2n) is 2.91. The van der Waals surface area contributed by atoms with E-state index >= 15 is 0 Å². The monoisotopic (exact) mass is 176 g/mol. The van der Waals surface area contributed by atoms with Crippen molar-refractivity contribution in [1.82, 2.24) is 5.32 Å². The minimum atomic E-state index is -1.06. The van der Waals surface area contributed by atoms with E-state index in [9.17, 15) is 4.79 Å². The molecule has 5 heteroatoms. The zero-order valence-electron chi connectivity index (χ0n) is 6.55. The molecule has 0 aliphatic carbocycles. The van der Waals surface area contributed by atoms with E-state index in [0.717, 1.165) is 0 Å². The maximum atomic E-state index is 10.1. The number of amides is 1. The Balaban J connectivity index is 3.92. The molecular formula is C6H12N2O2S. The summed E-state index contributed by atoms with van der Waals surface area (Å²) in [5.41, 5.74) is 4.90. The highest BCUT2D eigenvalue weighted by Gasteiger charge is 2.21. The summed E-state index contributed by atoms with van der Waals surface area (Å²) in [6, 6.07) is 0. The predicted molar refractivity (Wildman–Crippen MR) is 46.6 cm³/mol. The Morgan fingerprint density at radius 3 is 2.45 bits per heavy atom. The normalized spacial score (nSPS) is 10.7. The Morgan fingerprint density at radius 2 is 2.18 bits per heavy atom. The van der Waals surface area contributed by atoms with Crippen molar-refractivity contribution in [3.8, 4) is 0 Å². The first-order chi connectivity index (χ1) is 4.86. The van der Waals surface area contributed by atoms with Crippen LogP contribution in [0.3, 0.4) is 0 Å². The van der Waals surface area contributed by atoms with E-state index in [1.807, 2.05) is 0 Å². The van der Waals surface area contributed by atoms with Gasteiger partial charge in [0.2, 0.25) is 0 Å². The molecule has 0 rings (SSSR count). The summed E-state index contributed by atoms with van der Waals surface area (Å²) >= 11 is 4.73. The summed E-state index contributed by atoms with van der Waals surface area (Å²) in [7, 11) is 0. The van der Waals surface area contributed by atoms with Crippen molar-refractivity contribution in [2.24, 2.45) is 11.1 Å². The van der Waals surface area contributed by atoms with Crippen molar-refractivity contribution in [3.63, 3.8) is 0 Å². The van der Waals surface area contributed by atoms with E-state index in [0.29, 0.717) is 4.99 Å². The third kappa shape index (κ3) is 3.77. The number of carboxylic acid groups (broad SMARTS) is 1. The second-order valence-corrected chi connectivity index (χ2v) is 3.35. The molecule has 0 aromatic heterocycles. The van der Waals surface area contributed by atoms with Crippen molar-refractivity contribution >= 4 is 23.3 Å². The van der Waals surface area contributed by atoms with Crippen LogP contribution in [0.5, 0.6) is 0 Å². The van der Waals surface area contributed by atoms with Gasteiger partial charge in [0.25, 0.3) is 0 Å². The lowest BCUT2D eigenvalue weighted by Crippen LogP contribution is -2.40. The molecular weight excluding hydrogens is 164 g/mol. The SMILES string of the molecule is CC(C)(CNC(=O)O)C(N)=S. The van der Waals surface area contributed by atoms with E-state index in [4.69, 9.17) is 23.1 Å². The minimum absolute atomic E-state index is 0.248. The van der Waals surface area contributed by atoms with E-state index in [2.05, 4.69) is 5.32 Å². The fourth-order valence-electron chi connectivity index (χ4n) is 0.384. The first kappa shape index (κ1) is 10.2. The van der Waals surface area contributed by atoms with Gasteiger partial charge >= 0.3 is 6.09 Å². The number of hydrogen-bond acceptors (Lipinski definition) is 2. The predicted octanol–water partition coefficient (Wildman–Crippen LogP) is 0.566. The maximum Gasteiger partial charge on any atom is 0.404 e. The van der Waals surface area contributed by atoms with Gasteiger partial charge in [0.1, 0.15) is 0 Å². The van der Waals surface area contributed by atoms with Crippen LogP contribution in [0.1, 0.15) is 13.8 Å². The number of carbonyl (C=O) groups is 1. The van der Waals surface area contributed by atoms with Crippen LogP contribution in [-0.2, 0) is 0 Å². The fraction of sp³-hybridized carbons (Fsp3) is 0.667. The Kier molecular flexibility index (Phi) is 3.25. The van der Waals surface area contributed by atoms with Gasteiger partial charge in [0.15, 0.2) is 0 Å². The molecule has 4 N–H and O–H groups in total. The number of rotatable bonds is 3. The molecule has 0 aliphatic heterocycles. The van der Waals surface area contributed by atoms with Crippen LogP contribution in [0.2, 0.25) is 0 Å². The lowest BCUT2D eigenvalue weighted by atomic mass is 9.94. The summed E-state index contributed by atoms with van der Waals surface area (Å²) in [4.78, 5) is 10.4. The van der Waals surface area contributed by atoms with Crippen molar-refractivity contribution in [1.29, 1.82) is 0 Å². The molecule has 0 atom stereocenters. The number of hydrogen-bond donors (Lipinski definition) is 3. The van der Waals surface area contributed by atoms with Crippen LogP contribution in [-0.4, -0.2) is 22.7 Å². The molecule has 0 radical (unpaired) electrons. The fourth-order valence-corrected chi connectivity index (χ4v) is 0.456. The molecule has 0 spiro atoms. The zero-order valence-corrected chi connectivity index (χ0v) is 7.36. The molecule has 0 saturated carbocycles. The van der Waals surface area contributed by atoms with Crippen molar-refractivity contribution < 1.29 is 9.90 Å². The molecule has 0 aliphatic rings.